The molecule has 10 heteroatoms. The van der Waals surface area contributed by atoms with Gasteiger partial charge in [-0.25, -0.2) is 9.07 Å². The minimum Gasteiger partial charge on any atom is -1.00 e. The molecular formula is C29H37FN3NaO5. The molecule has 8 nitrogen and oxygen atoms in total. The molecule has 3 aromatic rings. The van der Waals surface area contributed by atoms with Crippen LogP contribution >= 0.6 is 0 Å². The van der Waals surface area contributed by atoms with Crippen LogP contribution in [0, 0.1) is 5.82 Å². The average molecular weight is 550 g/mol. The summed E-state index contributed by atoms with van der Waals surface area (Å²) in [5.74, 6) is -1.84. The Bertz CT molecular complexity index is 1220. The third-order valence-corrected chi connectivity index (χ3v) is 6.47. The first-order valence-corrected chi connectivity index (χ1v) is 12.8. The number of benzene rings is 2. The molecule has 3 N–H and O–H groups in total. The Kier molecular flexibility index (Phi) is 12.8. The number of carbonyl (C=O) groups excluding carboxylic acids is 1. The van der Waals surface area contributed by atoms with Crippen LogP contribution in [-0.4, -0.2) is 67.7 Å². The van der Waals surface area contributed by atoms with Gasteiger partial charge in [0.25, 0.3) is 5.91 Å². The third-order valence-electron chi connectivity index (χ3n) is 6.47. The molecule has 0 spiro atoms. The Morgan fingerprint density at radius 2 is 1.67 bits per heavy atom. The maximum atomic E-state index is 13.7. The van der Waals surface area contributed by atoms with Crippen LogP contribution in [0.2, 0.25) is 0 Å². The van der Waals surface area contributed by atoms with E-state index in [1.165, 1.54) is 12.1 Å². The van der Waals surface area contributed by atoms with Crippen LogP contribution in [0.4, 0.5) is 4.39 Å². The number of aliphatic hydroxyl groups excluding tert-OH is 2. The van der Waals surface area contributed by atoms with Crippen LogP contribution in [0.1, 0.15) is 67.8 Å². The van der Waals surface area contributed by atoms with Crippen LogP contribution in [0.25, 0.3) is 5.69 Å². The summed E-state index contributed by atoms with van der Waals surface area (Å²) in [4.78, 5) is 26.1. The van der Waals surface area contributed by atoms with Gasteiger partial charge in [-0.3, -0.25) is 9.59 Å². The van der Waals surface area contributed by atoms with Crippen LogP contribution < -0.4 is 29.6 Å². The van der Waals surface area contributed by atoms with Gasteiger partial charge in [0.05, 0.1) is 24.3 Å². The normalized spacial score (nSPS) is 12.6. The molecule has 0 radical (unpaired) electrons. The Balaban J connectivity index is 0.00000400. The number of halogens is 1. The molecule has 206 valence electrons. The van der Waals surface area contributed by atoms with Gasteiger partial charge in [0.15, 0.2) is 5.69 Å². The van der Waals surface area contributed by atoms with E-state index in [9.17, 15) is 24.2 Å². The van der Waals surface area contributed by atoms with E-state index in [1.54, 1.807) is 28.8 Å². The fraction of sp³-hybridized carbons (Fsp3) is 0.414. The number of likely N-dealkylation sites (N-methyl/N-ethyl adjacent to an activating group) is 1. The molecule has 0 fully saturated rings. The molecule has 3 rings (SSSR count). The first-order valence-electron chi connectivity index (χ1n) is 12.8. The van der Waals surface area contributed by atoms with Crippen molar-refractivity contribution >= 4 is 11.9 Å². The number of carboxylic acids is 1. The van der Waals surface area contributed by atoms with Crippen molar-refractivity contribution in [2.24, 2.45) is 0 Å². The maximum Gasteiger partial charge on any atom is 1.00 e. The predicted molar refractivity (Wildman–Crippen MR) is 143 cm³/mol. The van der Waals surface area contributed by atoms with Crippen molar-refractivity contribution in [3.05, 3.63) is 82.9 Å². The van der Waals surface area contributed by atoms with Crippen molar-refractivity contribution in [1.29, 1.82) is 0 Å². The molecule has 0 bridgehead atoms. The second-order valence-corrected chi connectivity index (χ2v) is 9.89. The van der Waals surface area contributed by atoms with E-state index in [2.05, 4.69) is 5.10 Å². The van der Waals surface area contributed by atoms with Crippen LogP contribution in [0.3, 0.4) is 0 Å². The van der Waals surface area contributed by atoms with Gasteiger partial charge < -0.3 is 21.6 Å². The molecule has 2 atom stereocenters. The van der Waals surface area contributed by atoms with E-state index in [0.29, 0.717) is 36.5 Å². The standard InChI is InChI=1S/C29H36FN3O5.Na.H/c1-19(2)27-25(14-13-23(34)17-24(35)18-26(36)37)33(22-11-9-21(30)10-12-22)31-28(27)29(38)32(3)16-15-20-7-5-4-6-8-20;;/h4-12,19,23-24,34-35H,13-18H2,1-3H3,(H,36,37);;/q;+1;-1. The summed E-state index contributed by atoms with van der Waals surface area (Å²) in [6, 6.07) is 15.7. The number of carboxylic acid groups (broad SMARTS) is 1. The van der Waals surface area contributed by atoms with E-state index in [-0.39, 0.29) is 55.7 Å². The van der Waals surface area contributed by atoms with Crippen molar-refractivity contribution in [2.45, 2.75) is 64.1 Å². The summed E-state index contributed by atoms with van der Waals surface area (Å²) in [6.07, 6.45) is -1.41. The monoisotopic (exact) mass is 549 g/mol. The number of hydrogen-bond acceptors (Lipinski definition) is 5. The second kappa shape index (κ2) is 15.3. The Morgan fingerprint density at radius 1 is 1.03 bits per heavy atom. The fourth-order valence-corrected chi connectivity index (χ4v) is 4.51. The molecule has 0 aliphatic carbocycles. The molecule has 39 heavy (non-hydrogen) atoms. The molecule has 1 amide bonds. The van der Waals surface area contributed by atoms with Gasteiger partial charge in [0.1, 0.15) is 5.82 Å². The Hall–Kier alpha value is -2.56. The summed E-state index contributed by atoms with van der Waals surface area (Å²) < 4.78 is 15.3. The van der Waals surface area contributed by atoms with Gasteiger partial charge in [0, 0.05) is 24.8 Å². The van der Waals surface area contributed by atoms with Crippen LogP contribution in [0.15, 0.2) is 54.6 Å². The fourth-order valence-electron chi connectivity index (χ4n) is 4.51. The van der Waals surface area contributed by atoms with Gasteiger partial charge in [0.2, 0.25) is 0 Å². The number of hydrogen-bond donors (Lipinski definition) is 3. The summed E-state index contributed by atoms with van der Waals surface area (Å²) in [5.41, 5.74) is 3.44. The zero-order chi connectivity index (χ0) is 27.8. The molecule has 0 saturated carbocycles. The molecule has 2 unspecified atom stereocenters. The second-order valence-electron chi connectivity index (χ2n) is 9.89. The largest absolute Gasteiger partial charge is 1.00 e. The van der Waals surface area contributed by atoms with E-state index in [4.69, 9.17) is 5.11 Å². The van der Waals surface area contributed by atoms with E-state index >= 15 is 0 Å². The predicted octanol–water partition coefficient (Wildman–Crippen LogP) is 1.09. The molecule has 0 saturated heterocycles. The zero-order valence-corrected chi connectivity index (χ0v) is 25.0. The summed E-state index contributed by atoms with van der Waals surface area (Å²) in [7, 11) is 1.74. The molecule has 1 heterocycles. The van der Waals surface area contributed by atoms with Crippen molar-refractivity contribution in [1.82, 2.24) is 14.7 Å². The Labute approximate surface area is 252 Å². The minimum atomic E-state index is -1.16. The zero-order valence-electron chi connectivity index (χ0n) is 24.0. The number of amides is 1. The van der Waals surface area contributed by atoms with Gasteiger partial charge in [-0.15, -0.1) is 0 Å². The molecule has 0 aliphatic heterocycles. The molecule has 1 aromatic heterocycles. The number of aliphatic hydroxyl groups is 2. The van der Waals surface area contributed by atoms with Gasteiger partial charge >= 0.3 is 35.5 Å². The minimum absolute atomic E-state index is 0. The van der Waals surface area contributed by atoms with Crippen molar-refractivity contribution in [2.75, 3.05) is 13.6 Å². The van der Waals surface area contributed by atoms with Crippen molar-refractivity contribution in [3.63, 3.8) is 0 Å². The van der Waals surface area contributed by atoms with Gasteiger partial charge in [-0.2, -0.15) is 5.10 Å². The number of aromatic nitrogens is 2. The van der Waals surface area contributed by atoms with E-state index in [1.807, 2.05) is 44.2 Å². The first kappa shape index (κ1) is 32.7. The van der Waals surface area contributed by atoms with E-state index < -0.39 is 30.4 Å². The number of rotatable bonds is 13. The SMILES string of the molecule is CC(C)c1c(C(=O)N(C)CCc2ccccc2)nn(-c2ccc(F)cc2)c1CCC(O)CC(O)CC(=O)O.[H-].[Na+]. The third kappa shape index (κ3) is 9.25. The first-order chi connectivity index (χ1) is 18.1. The van der Waals surface area contributed by atoms with Gasteiger partial charge in [-0.05, 0) is 61.4 Å². The maximum absolute atomic E-state index is 13.7. The van der Waals surface area contributed by atoms with E-state index in [0.717, 1.165) is 11.1 Å². The quantitative estimate of drug-likeness (QED) is 0.275. The number of nitrogens with zero attached hydrogens (tertiary/aromatic N) is 3. The molecule has 0 aliphatic rings. The summed E-state index contributed by atoms with van der Waals surface area (Å²) in [5, 5.41) is 34.0. The number of aliphatic carboxylic acids is 1. The van der Waals surface area contributed by atoms with Crippen molar-refractivity contribution in [3.8, 4) is 5.69 Å². The molecular weight excluding hydrogens is 512 g/mol. The van der Waals surface area contributed by atoms with Crippen molar-refractivity contribution < 1.29 is 60.3 Å². The Morgan fingerprint density at radius 3 is 2.26 bits per heavy atom. The molecule has 2 aromatic carbocycles. The summed E-state index contributed by atoms with van der Waals surface area (Å²) >= 11 is 0. The topological polar surface area (TPSA) is 116 Å². The van der Waals surface area contributed by atoms with Gasteiger partial charge in [-0.1, -0.05) is 44.2 Å². The smallest absolute Gasteiger partial charge is 1.00 e. The van der Waals surface area contributed by atoms with Crippen LogP contribution in [-0.2, 0) is 17.6 Å². The average Bonchev–Trinajstić information content (AvgIpc) is 3.26. The number of carbonyl (C=O) groups is 2. The summed E-state index contributed by atoms with van der Waals surface area (Å²) in [6.45, 7) is 4.42. The van der Waals surface area contributed by atoms with Crippen LogP contribution in [0.5, 0.6) is 0 Å².